The lowest BCUT2D eigenvalue weighted by Crippen LogP contribution is -2.54. The predicted octanol–water partition coefficient (Wildman–Crippen LogP) is -0.592. The number of fused-ring (bicyclic) bond motifs is 3. The largest absolute Gasteiger partial charge is 0.393 e. The van der Waals surface area contributed by atoms with Crippen molar-refractivity contribution in [3.8, 4) is 0 Å². The molecule has 1 heterocycles. The van der Waals surface area contributed by atoms with Gasteiger partial charge in [0.25, 0.3) is 0 Å². The first kappa shape index (κ1) is 16.6. The third-order valence-electron chi connectivity index (χ3n) is 5.98. The highest BCUT2D eigenvalue weighted by atomic mass is 16.5. The van der Waals surface area contributed by atoms with E-state index in [2.05, 4.69) is 0 Å². The van der Waals surface area contributed by atoms with E-state index in [0.717, 1.165) is 12.8 Å². The molecule has 8 unspecified atom stereocenters. The molecular weight excluding hydrogens is 288 g/mol. The molecule has 22 heavy (non-hydrogen) atoms. The van der Waals surface area contributed by atoms with Crippen molar-refractivity contribution >= 4 is 0 Å². The molecular formula is C16H28O6. The van der Waals surface area contributed by atoms with Gasteiger partial charge in [-0.25, -0.2) is 0 Å². The summed E-state index contributed by atoms with van der Waals surface area (Å²) >= 11 is 0. The van der Waals surface area contributed by atoms with Crippen LogP contribution in [0.3, 0.4) is 0 Å². The van der Waals surface area contributed by atoms with Crippen molar-refractivity contribution in [2.24, 2.45) is 17.8 Å². The first-order chi connectivity index (χ1) is 10.4. The Morgan fingerprint density at radius 3 is 2.41 bits per heavy atom. The van der Waals surface area contributed by atoms with Crippen molar-refractivity contribution in [1.29, 1.82) is 0 Å². The maximum absolute atomic E-state index is 10.6. The first-order valence-electron chi connectivity index (χ1n) is 8.41. The Balaban J connectivity index is 1.85. The molecule has 0 radical (unpaired) electrons. The summed E-state index contributed by atoms with van der Waals surface area (Å²) in [5.41, 5.74) is -1.31. The van der Waals surface area contributed by atoms with Crippen LogP contribution >= 0.6 is 0 Å². The van der Waals surface area contributed by atoms with Crippen LogP contribution in [0.15, 0.2) is 0 Å². The highest BCUT2D eigenvalue weighted by molar-refractivity contribution is 4.98. The van der Waals surface area contributed by atoms with E-state index >= 15 is 0 Å². The Bertz CT molecular complexity index is 391. The van der Waals surface area contributed by atoms with Crippen LogP contribution in [0.1, 0.15) is 38.5 Å². The molecule has 0 spiro atoms. The predicted molar refractivity (Wildman–Crippen MR) is 78.0 cm³/mol. The summed E-state index contributed by atoms with van der Waals surface area (Å²) in [4.78, 5) is 0. The maximum Gasteiger partial charge on any atom is 0.111 e. The second-order valence-electron chi connectivity index (χ2n) is 7.60. The quantitative estimate of drug-likeness (QED) is 0.442. The highest BCUT2D eigenvalue weighted by Gasteiger charge is 2.48. The maximum atomic E-state index is 10.6. The van der Waals surface area contributed by atoms with Gasteiger partial charge in [0.05, 0.1) is 37.6 Å². The van der Waals surface area contributed by atoms with Crippen molar-refractivity contribution in [2.75, 3.05) is 13.2 Å². The lowest BCUT2D eigenvalue weighted by atomic mass is 9.62. The van der Waals surface area contributed by atoms with Crippen molar-refractivity contribution in [3.05, 3.63) is 0 Å². The number of hydrogen-bond donors (Lipinski definition) is 5. The van der Waals surface area contributed by atoms with Crippen LogP contribution in [0, 0.1) is 17.8 Å². The number of aliphatic hydroxyl groups is 5. The van der Waals surface area contributed by atoms with Crippen molar-refractivity contribution in [2.45, 2.75) is 68.5 Å². The summed E-state index contributed by atoms with van der Waals surface area (Å²) < 4.78 is 5.86. The van der Waals surface area contributed by atoms with E-state index in [1.807, 2.05) is 0 Å². The molecule has 128 valence electrons. The fraction of sp³-hybridized carbons (Fsp3) is 1.00. The SMILES string of the molecule is OCC1(O)COC2CC(O)CCC2C2CC(O)C(O)CC2C1. The first-order valence-corrected chi connectivity index (χ1v) is 8.41. The van der Waals surface area contributed by atoms with Gasteiger partial charge in [0.2, 0.25) is 0 Å². The smallest absolute Gasteiger partial charge is 0.111 e. The fourth-order valence-electron chi connectivity index (χ4n) is 4.76. The van der Waals surface area contributed by atoms with Gasteiger partial charge in [-0.1, -0.05) is 0 Å². The number of hydrogen-bond acceptors (Lipinski definition) is 6. The molecule has 1 saturated heterocycles. The normalized spacial score (nSPS) is 53.0. The van der Waals surface area contributed by atoms with Crippen molar-refractivity contribution < 1.29 is 30.3 Å². The molecule has 1 aliphatic heterocycles. The Morgan fingerprint density at radius 1 is 0.955 bits per heavy atom. The zero-order valence-corrected chi connectivity index (χ0v) is 12.8. The monoisotopic (exact) mass is 316 g/mol. The molecule has 5 N–H and O–H groups in total. The summed E-state index contributed by atoms with van der Waals surface area (Å²) in [5.74, 6) is 0.440. The summed E-state index contributed by atoms with van der Waals surface area (Å²) in [6.45, 7) is -0.325. The average molecular weight is 316 g/mol. The van der Waals surface area contributed by atoms with Crippen LogP contribution in [-0.4, -0.2) is 68.8 Å². The van der Waals surface area contributed by atoms with Crippen LogP contribution in [0.5, 0.6) is 0 Å². The lowest BCUT2D eigenvalue weighted by Gasteiger charge is -2.50. The molecule has 8 atom stereocenters. The summed E-state index contributed by atoms with van der Waals surface area (Å²) in [7, 11) is 0. The van der Waals surface area contributed by atoms with E-state index in [1.165, 1.54) is 0 Å². The van der Waals surface area contributed by atoms with Crippen LogP contribution < -0.4 is 0 Å². The molecule has 3 fully saturated rings. The number of aliphatic hydroxyl groups excluding tert-OH is 4. The topological polar surface area (TPSA) is 110 Å². The molecule has 6 heteroatoms. The minimum atomic E-state index is -1.31. The Morgan fingerprint density at radius 2 is 1.68 bits per heavy atom. The van der Waals surface area contributed by atoms with Gasteiger partial charge >= 0.3 is 0 Å². The third-order valence-corrected chi connectivity index (χ3v) is 5.98. The Kier molecular flexibility index (Phi) is 4.79. The van der Waals surface area contributed by atoms with E-state index in [9.17, 15) is 25.5 Å². The molecule has 0 bridgehead atoms. The zero-order valence-electron chi connectivity index (χ0n) is 12.8. The van der Waals surface area contributed by atoms with Gasteiger partial charge in [-0.2, -0.15) is 0 Å². The summed E-state index contributed by atoms with van der Waals surface area (Å²) in [6, 6.07) is 0. The molecule has 0 aromatic rings. The zero-order chi connectivity index (χ0) is 15.9. The lowest BCUT2D eigenvalue weighted by molar-refractivity contribution is -0.182. The van der Waals surface area contributed by atoms with Gasteiger partial charge in [0, 0.05) is 0 Å². The number of ether oxygens (including phenoxy) is 1. The van der Waals surface area contributed by atoms with Crippen LogP contribution in [0.4, 0.5) is 0 Å². The molecule has 0 amide bonds. The second-order valence-corrected chi connectivity index (χ2v) is 7.60. The molecule has 3 rings (SSSR count). The van der Waals surface area contributed by atoms with Gasteiger partial charge in [0.1, 0.15) is 5.60 Å². The average Bonchev–Trinajstić information content (AvgIpc) is 2.48. The Labute approximate surface area is 130 Å². The molecule has 6 nitrogen and oxygen atoms in total. The third kappa shape index (κ3) is 3.18. The van der Waals surface area contributed by atoms with E-state index in [1.54, 1.807) is 0 Å². The Hall–Kier alpha value is -0.240. The van der Waals surface area contributed by atoms with Crippen LogP contribution in [-0.2, 0) is 4.74 Å². The van der Waals surface area contributed by atoms with Crippen molar-refractivity contribution in [1.82, 2.24) is 0 Å². The highest BCUT2D eigenvalue weighted by Crippen LogP contribution is 2.47. The number of rotatable bonds is 1. The van der Waals surface area contributed by atoms with E-state index in [4.69, 9.17) is 4.74 Å². The summed E-state index contributed by atoms with van der Waals surface area (Å²) in [5, 5.41) is 50.0. The van der Waals surface area contributed by atoms with E-state index in [0.29, 0.717) is 25.7 Å². The van der Waals surface area contributed by atoms with Crippen LogP contribution in [0.25, 0.3) is 0 Å². The van der Waals surface area contributed by atoms with Gasteiger partial charge in [0.15, 0.2) is 0 Å². The van der Waals surface area contributed by atoms with Crippen molar-refractivity contribution in [3.63, 3.8) is 0 Å². The minimum absolute atomic E-state index is 0.0548. The molecule has 2 saturated carbocycles. The minimum Gasteiger partial charge on any atom is -0.393 e. The van der Waals surface area contributed by atoms with Gasteiger partial charge in [-0.15, -0.1) is 0 Å². The van der Waals surface area contributed by atoms with Gasteiger partial charge < -0.3 is 30.3 Å². The molecule has 0 aromatic carbocycles. The second kappa shape index (κ2) is 6.34. The molecule has 2 aliphatic carbocycles. The molecule has 0 aromatic heterocycles. The molecule has 3 aliphatic rings. The van der Waals surface area contributed by atoms with Gasteiger partial charge in [-0.3, -0.25) is 0 Å². The fourth-order valence-corrected chi connectivity index (χ4v) is 4.76. The van der Waals surface area contributed by atoms with E-state index in [-0.39, 0.29) is 43.2 Å². The van der Waals surface area contributed by atoms with E-state index < -0.39 is 17.8 Å². The standard InChI is InChI=1S/C16H28O6/c17-7-16(21)6-9-3-13(19)14(20)5-12(9)11-2-1-10(18)4-15(11)22-8-16/h9-15,17-21H,1-8H2. The van der Waals surface area contributed by atoms with Crippen LogP contribution in [0.2, 0.25) is 0 Å². The summed E-state index contributed by atoms with van der Waals surface area (Å²) in [6.07, 6.45) is 1.38. The van der Waals surface area contributed by atoms with Gasteiger partial charge in [-0.05, 0) is 56.3 Å².